The molecule has 3 rings (SSSR count). The molecule has 0 saturated carbocycles. The quantitative estimate of drug-likeness (QED) is 0.775. The van der Waals surface area contributed by atoms with Gasteiger partial charge in [0.25, 0.3) is 0 Å². The number of hydrogen-bond acceptors (Lipinski definition) is 5. The first-order chi connectivity index (χ1) is 10.8. The van der Waals surface area contributed by atoms with Gasteiger partial charge in [0.2, 0.25) is 5.91 Å². The van der Waals surface area contributed by atoms with E-state index in [1.807, 2.05) is 0 Å². The van der Waals surface area contributed by atoms with E-state index < -0.39 is 0 Å². The van der Waals surface area contributed by atoms with Gasteiger partial charge in [0.1, 0.15) is 0 Å². The third-order valence-corrected chi connectivity index (χ3v) is 5.35. The summed E-state index contributed by atoms with van der Waals surface area (Å²) in [6.07, 6.45) is 3.02. The number of nitrogens with zero attached hydrogens (tertiary/aromatic N) is 1. The molecule has 1 aromatic heterocycles. The molecule has 0 spiro atoms. The number of halogens is 2. The Morgan fingerprint density at radius 2 is 2.21 bits per heavy atom. The molecule has 3 heterocycles. The lowest BCUT2D eigenvalue weighted by atomic mass is 10.1. The van der Waals surface area contributed by atoms with Crippen molar-refractivity contribution in [3.8, 4) is 0 Å². The average molecular weight is 396 g/mol. The highest BCUT2D eigenvalue weighted by Crippen LogP contribution is 2.27. The second-order valence-corrected chi connectivity index (χ2v) is 6.99. The summed E-state index contributed by atoms with van der Waals surface area (Å²) in [4.78, 5) is 16.0. The smallest absolute Gasteiger partial charge is 0.221 e. The Labute approximate surface area is 160 Å². The Hall–Kier alpha value is -0.370. The number of morpholine rings is 1. The van der Waals surface area contributed by atoms with Gasteiger partial charge in [-0.3, -0.25) is 9.69 Å². The lowest BCUT2D eigenvalue weighted by molar-refractivity contribution is -0.122. The summed E-state index contributed by atoms with van der Waals surface area (Å²) in [5, 5.41) is 8.57. The molecule has 1 amide bonds. The largest absolute Gasteiger partial charge is 0.378 e. The number of carbonyl (C=O) groups is 1. The van der Waals surface area contributed by atoms with Crippen molar-refractivity contribution in [2.24, 2.45) is 0 Å². The predicted molar refractivity (Wildman–Crippen MR) is 103 cm³/mol. The fourth-order valence-electron chi connectivity index (χ4n) is 3.20. The molecule has 8 heteroatoms. The number of ether oxygens (including phenoxy) is 1. The van der Waals surface area contributed by atoms with Crippen LogP contribution in [0.25, 0.3) is 0 Å². The molecule has 138 valence electrons. The second-order valence-electron chi connectivity index (χ2n) is 6.01. The zero-order chi connectivity index (χ0) is 15.2. The number of thiophene rings is 1. The molecule has 0 radical (unpaired) electrons. The molecule has 1 aromatic rings. The minimum Gasteiger partial charge on any atom is -0.378 e. The summed E-state index contributed by atoms with van der Waals surface area (Å²) < 4.78 is 5.40. The lowest BCUT2D eigenvalue weighted by Crippen LogP contribution is -2.45. The van der Waals surface area contributed by atoms with Crippen molar-refractivity contribution in [2.45, 2.75) is 31.3 Å². The topological polar surface area (TPSA) is 53.6 Å². The van der Waals surface area contributed by atoms with Crippen molar-refractivity contribution in [3.05, 3.63) is 22.4 Å². The van der Waals surface area contributed by atoms with Gasteiger partial charge >= 0.3 is 0 Å². The summed E-state index contributed by atoms with van der Waals surface area (Å²) in [5.74, 6) is 0.115. The normalized spacial score (nSPS) is 22.2. The maximum Gasteiger partial charge on any atom is 0.221 e. The monoisotopic (exact) mass is 395 g/mol. The van der Waals surface area contributed by atoms with E-state index in [1.165, 1.54) is 17.7 Å². The van der Waals surface area contributed by atoms with Gasteiger partial charge in [-0.15, -0.1) is 36.2 Å². The Bertz CT molecular complexity index is 464. The molecule has 2 aliphatic heterocycles. The Kier molecular flexibility index (Phi) is 10.2. The minimum atomic E-state index is 0. The van der Waals surface area contributed by atoms with Crippen molar-refractivity contribution in [1.29, 1.82) is 0 Å². The molecular formula is C16H27Cl2N3O2S. The van der Waals surface area contributed by atoms with Gasteiger partial charge in [0.05, 0.1) is 19.3 Å². The standard InChI is InChI=1S/C16H25N3O2S.2ClH/c20-16(10-13-12-21-8-5-17-13)18-11-14(15-4-3-9-22-15)19-6-1-2-7-19;;/h3-4,9,13-14,17H,1-2,5-8,10-12H2,(H,18,20);2*1H. The van der Waals surface area contributed by atoms with Crippen LogP contribution in [0, 0.1) is 0 Å². The van der Waals surface area contributed by atoms with E-state index in [9.17, 15) is 4.79 Å². The molecule has 0 aromatic carbocycles. The fourth-order valence-corrected chi connectivity index (χ4v) is 4.06. The maximum absolute atomic E-state index is 12.2. The molecule has 24 heavy (non-hydrogen) atoms. The summed E-state index contributed by atoms with van der Waals surface area (Å²) in [6.45, 7) is 5.19. The third-order valence-electron chi connectivity index (χ3n) is 4.38. The Balaban J connectivity index is 0.00000144. The van der Waals surface area contributed by atoms with Crippen LogP contribution in [0.3, 0.4) is 0 Å². The molecule has 0 aliphatic carbocycles. The third kappa shape index (κ3) is 6.17. The van der Waals surface area contributed by atoms with Crippen molar-refractivity contribution in [3.63, 3.8) is 0 Å². The second kappa shape index (κ2) is 11.3. The summed E-state index contributed by atoms with van der Waals surface area (Å²) >= 11 is 1.78. The Morgan fingerprint density at radius 1 is 1.42 bits per heavy atom. The van der Waals surface area contributed by atoms with Crippen LogP contribution in [-0.4, -0.2) is 56.2 Å². The van der Waals surface area contributed by atoms with Crippen LogP contribution < -0.4 is 10.6 Å². The van der Waals surface area contributed by atoms with Gasteiger partial charge < -0.3 is 15.4 Å². The zero-order valence-electron chi connectivity index (χ0n) is 13.7. The maximum atomic E-state index is 12.2. The molecule has 2 aliphatic rings. The number of carbonyl (C=O) groups excluding carboxylic acids is 1. The van der Waals surface area contributed by atoms with Gasteiger partial charge in [-0.05, 0) is 37.4 Å². The highest BCUT2D eigenvalue weighted by atomic mass is 35.5. The van der Waals surface area contributed by atoms with E-state index in [4.69, 9.17) is 4.74 Å². The highest BCUT2D eigenvalue weighted by molar-refractivity contribution is 7.10. The summed E-state index contributed by atoms with van der Waals surface area (Å²) in [5.41, 5.74) is 0. The van der Waals surface area contributed by atoms with Crippen molar-refractivity contribution >= 4 is 42.1 Å². The fraction of sp³-hybridized carbons (Fsp3) is 0.688. The van der Waals surface area contributed by atoms with Gasteiger partial charge in [-0.2, -0.15) is 0 Å². The van der Waals surface area contributed by atoms with Gasteiger partial charge in [0.15, 0.2) is 0 Å². The highest BCUT2D eigenvalue weighted by Gasteiger charge is 2.25. The first-order valence-electron chi connectivity index (χ1n) is 8.18. The van der Waals surface area contributed by atoms with Crippen molar-refractivity contribution < 1.29 is 9.53 Å². The number of likely N-dealkylation sites (tertiary alicyclic amines) is 1. The van der Waals surface area contributed by atoms with Crippen molar-refractivity contribution in [2.75, 3.05) is 39.4 Å². The average Bonchev–Trinajstić information content (AvgIpc) is 3.22. The van der Waals surface area contributed by atoms with E-state index in [-0.39, 0.29) is 36.8 Å². The predicted octanol–water partition coefficient (Wildman–Crippen LogP) is 2.22. The molecule has 5 nitrogen and oxygen atoms in total. The van der Waals surface area contributed by atoms with Crippen LogP contribution >= 0.6 is 36.2 Å². The van der Waals surface area contributed by atoms with Crippen LogP contribution in [0.1, 0.15) is 30.2 Å². The SMILES string of the molecule is Cl.Cl.O=C(CC1COCCN1)NCC(c1cccs1)N1CCCC1. The molecule has 2 N–H and O–H groups in total. The first-order valence-corrected chi connectivity index (χ1v) is 9.06. The minimum absolute atomic E-state index is 0. The molecule has 0 bridgehead atoms. The Morgan fingerprint density at radius 3 is 2.83 bits per heavy atom. The number of rotatable bonds is 6. The zero-order valence-corrected chi connectivity index (χ0v) is 16.2. The molecule has 2 saturated heterocycles. The first kappa shape index (κ1) is 21.7. The number of amides is 1. The molecular weight excluding hydrogens is 369 g/mol. The van der Waals surface area contributed by atoms with Crippen LogP contribution in [0.2, 0.25) is 0 Å². The van der Waals surface area contributed by atoms with Gasteiger partial charge in [-0.1, -0.05) is 6.07 Å². The van der Waals surface area contributed by atoms with Gasteiger partial charge in [0, 0.05) is 30.4 Å². The van der Waals surface area contributed by atoms with Crippen LogP contribution in [0.4, 0.5) is 0 Å². The summed E-state index contributed by atoms with van der Waals surface area (Å²) in [6, 6.07) is 4.74. The van der Waals surface area contributed by atoms with Gasteiger partial charge in [-0.25, -0.2) is 0 Å². The van der Waals surface area contributed by atoms with E-state index >= 15 is 0 Å². The number of hydrogen-bond donors (Lipinski definition) is 2. The molecule has 2 fully saturated rings. The van der Waals surface area contributed by atoms with E-state index in [0.29, 0.717) is 25.6 Å². The van der Waals surface area contributed by atoms with E-state index in [0.717, 1.165) is 26.2 Å². The van der Waals surface area contributed by atoms with E-state index in [2.05, 4.69) is 33.0 Å². The molecule has 2 atom stereocenters. The number of nitrogens with one attached hydrogen (secondary N) is 2. The van der Waals surface area contributed by atoms with Crippen LogP contribution in [0.15, 0.2) is 17.5 Å². The van der Waals surface area contributed by atoms with Crippen LogP contribution in [-0.2, 0) is 9.53 Å². The van der Waals surface area contributed by atoms with Crippen molar-refractivity contribution in [1.82, 2.24) is 15.5 Å². The van der Waals surface area contributed by atoms with Crippen LogP contribution in [0.5, 0.6) is 0 Å². The lowest BCUT2D eigenvalue weighted by Gasteiger charge is -2.28. The van der Waals surface area contributed by atoms with E-state index in [1.54, 1.807) is 11.3 Å². The molecule has 2 unspecified atom stereocenters. The summed E-state index contributed by atoms with van der Waals surface area (Å²) in [7, 11) is 0.